The molecule has 2 heterocycles. The Labute approximate surface area is 130 Å². The topological polar surface area (TPSA) is 66.8 Å². The quantitative estimate of drug-likeness (QED) is 0.939. The van der Waals surface area contributed by atoms with E-state index in [1.165, 1.54) is 32.1 Å². The first kappa shape index (κ1) is 15.2. The summed E-state index contributed by atoms with van der Waals surface area (Å²) in [5.74, 6) is 1.62. The summed E-state index contributed by atoms with van der Waals surface area (Å²) in [6.07, 6.45) is 7.98. The third kappa shape index (κ3) is 2.92. The molecule has 0 atom stereocenters. The third-order valence-electron chi connectivity index (χ3n) is 5.07. The second-order valence-electron chi connectivity index (χ2n) is 6.52. The molecule has 0 unspecified atom stereocenters. The van der Waals surface area contributed by atoms with Gasteiger partial charge in [-0.3, -0.25) is 14.4 Å². The lowest BCUT2D eigenvalue weighted by Gasteiger charge is -2.34. The zero-order valence-electron chi connectivity index (χ0n) is 13.7. The number of nitrogens with zero attached hydrogens (tertiary/aromatic N) is 4. The molecule has 0 aromatic carbocycles. The fraction of sp³-hybridized carbons (Fsp3) is 0.688. The maximum Gasteiger partial charge on any atom is 0.262 e. The minimum Gasteiger partial charge on any atom is -0.309 e. The molecule has 1 aliphatic rings. The van der Waals surface area contributed by atoms with E-state index < -0.39 is 0 Å². The number of nitrogens with one attached hydrogen (secondary N) is 1. The average Bonchev–Trinajstić information content (AvgIpc) is 2.89. The van der Waals surface area contributed by atoms with E-state index in [9.17, 15) is 4.79 Å². The van der Waals surface area contributed by atoms with Crippen LogP contribution < -0.4 is 5.56 Å². The standard InChI is InChI=1S/C16H25N5O/c1-4-11-5-7-12(8-6-11)20(2)10-14-18-15-13(16(22)19-14)9-17-21(15)3/h9,11-12H,4-8,10H2,1-3H3,(H,18,19,22). The smallest absolute Gasteiger partial charge is 0.262 e. The lowest BCUT2D eigenvalue weighted by molar-refractivity contribution is 0.154. The molecule has 1 aliphatic carbocycles. The van der Waals surface area contributed by atoms with Crippen LogP contribution in [0.4, 0.5) is 0 Å². The van der Waals surface area contributed by atoms with Gasteiger partial charge >= 0.3 is 0 Å². The highest BCUT2D eigenvalue weighted by molar-refractivity contribution is 5.72. The van der Waals surface area contributed by atoms with Gasteiger partial charge in [-0.2, -0.15) is 5.10 Å². The SMILES string of the molecule is CCC1CCC(N(C)Cc2nc3c(cnn3C)c(=O)[nH]2)CC1. The second kappa shape index (κ2) is 6.20. The zero-order valence-corrected chi connectivity index (χ0v) is 13.7. The monoisotopic (exact) mass is 303 g/mol. The molecular weight excluding hydrogens is 278 g/mol. The van der Waals surface area contributed by atoms with Crippen molar-refractivity contribution in [1.29, 1.82) is 0 Å². The summed E-state index contributed by atoms with van der Waals surface area (Å²) >= 11 is 0. The molecule has 0 amide bonds. The van der Waals surface area contributed by atoms with Gasteiger partial charge in [-0.15, -0.1) is 0 Å². The number of aromatic nitrogens is 4. The van der Waals surface area contributed by atoms with Crippen LogP contribution in [0.15, 0.2) is 11.0 Å². The molecule has 1 fully saturated rings. The Morgan fingerprint density at radius 2 is 2.09 bits per heavy atom. The van der Waals surface area contributed by atoms with Crippen LogP contribution >= 0.6 is 0 Å². The maximum atomic E-state index is 12.1. The van der Waals surface area contributed by atoms with Crippen LogP contribution in [0.5, 0.6) is 0 Å². The number of hydrogen-bond donors (Lipinski definition) is 1. The number of aryl methyl sites for hydroxylation is 1. The van der Waals surface area contributed by atoms with Crippen LogP contribution in [-0.2, 0) is 13.6 Å². The van der Waals surface area contributed by atoms with E-state index in [4.69, 9.17) is 0 Å². The van der Waals surface area contributed by atoms with Gasteiger partial charge in [-0.1, -0.05) is 13.3 Å². The number of fused-ring (bicyclic) bond motifs is 1. The molecular formula is C16H25N5O. The lowest BCUT2D eigenvalue weighted by atomic mass is 9.84. The largest absolute Gasteiger partial charge is 0.309 e. The predicted octanol–water partition coefficient (Wildman–Crippen LogP) is 2.06. The summed E-state index contributed by atoms with van der Waals surface area (Å²) in [7, 11) is 3.94. The first-order valence-electron chi connectivity index (χ1n) is 8.19. The first-order chi connectivity index (χ1) is 10.6. The minimum absolute atomic E-state index is 0.101. The van der Waals surface area contributed by atoms with Gasteiger partial charge < -0.3 is 4.98 Å². The normalized spacial score (nSPS) is 22.5. The number of aromatic amines is 1. The lowest BCUT2D eigenvalue weighted by Crippen LogP contribution is -2.35. The van der Waals surface area contributed by atoms with Gasteiger partial charge in [-0.05, 0) is 38.6 Å². The molecule has 0 bridgehead atoms. The molecule has 6 heteroatoms. The van der Waals surface area contributed by atoms with Crippen LogP contribution in [0.2, 0.25) is 0 Å². The Hall–Kier alpha value is -1.69. The molecule has 2 aromatic rings. The highest BCUT2D eigenvalue weighted by atomic mass is 16.1. The molecule has 2 aromatic heterocycles. The van der Waals surface area contributed by atoms with Crippen molar-refractivity contribution in [2.24, 2.45) is 13.0 Å². The summed E-state index contributed by atoms with van der Waals surface area (Å²) in [6, 6.07) is 0.593. The minimum atomic E-state index is -0.101. The van der Waals surface area contributed by atoms with Crippen molar-refractivity contribution in [1.82, 2.24) is 24.6 Å². The highest BCUT2D eigenvalue weighted by Gasteiger charge is 2.23. The Morgan fingerprint density at radius 3 is 2.77 bits per heavy atom. The summed E-state index contributed by atoms with van der Waals surface area (Å²) in [5, 5.41) is 4.66. The summed E-state index contributed by atoms with van der Waals surface area (Å²) in [5.41, 5.74) is 0.554. The van der Waals surface area contributed by atoms with Crippen LogP contribution in [0, 0.1) is 5.92 Å². The van der Waals surface area contributed by atoms with E-state index in [0.717, 1.165) is 11.7 Å². The molecule has 0 aliphatic heterocycles. The fourth-order valence-corrected chi connectivity index (χ4v) is 3.51. The van der Waals surface area contributed by atoms with E-state index in [0.29, 0.717) is 23.6 Å². The second-order valence-corrected chi connectivity index (χ2v) is 6.52. The van der Waals surface area contributed by atoms with Gasteiger partial charge in [-0.25, -0.2) is 4.98 Å². The van der Waals surface area contributed by atoms with E-state index in [1.54, 1.807) is 10.9 Å². The Morgan fingerprint density at radius 1 is 1.36 bits per heavy atom. The van der Waals surface area contributed by atoms with Crippen LogP contribution in [0.1, 0.15) is 44.9 Å². The molecule has 1 saturated carbocycles. The Balaban J connectivity index is 1.73. The van der Waals surface area contributed by atoms with Crippen molar-refractivity contribution in [3.8, 4) is 0 Å². The van der Waals surface area contributed by atoms with Crippen LogP contribution in [0.25, 0.3) is 11.0 Å². The molecule has 22 heavy (non-hydrogen) atoms. The molecule has 3 rings (SSSR count). The summed E-state index contributed by atoms with van der Waals surface area (Å²) in [6.45, 7) is 2.96. The van der Waals surface area contributed by atoms with Gasteiger partial charge in [0.05, 0.1) is 12.7 Å². The molecule has 0 spiro atoms. The molecule has 120 valence electrons. The van der Waals surface area contributed by atoms with Crippen LogP contribution in [0.3, 0.4) is 0 Å². The zero-order chi connectivity index (χ0) is 15.7. The van der Waals surface area contributed by atoms with Gasteiger partial charge in [0.25, 0.3) is 5.56 Å². The molecule has 6 nitrogen and oxygen atoms in total. The molecule has 0 radical (unpaired) electrons. The van der Waals surface area contributed by atoms with E-state index in [1.807, 2.05) is 7.05 Å². The maximum absolute atomic E-state index is 12.1. The summed E-state index contributed by atoms with van der Waals surface area (Å²) in [4.78, 5) is 21.9. The van der Waals surface area contributed by atoms with Crippen molar-refractivity contribution in [2.75, 3.05) is 7.05 Å². The predicted molar refractivity (Wildman–Crippen MR) is 86.6 cm³/mol. The third-order valence-corrected chi connectivity index (χ3v) is 5.07. The van der Waals surface area contributed by atoms with Gasteiger partial charge in [0.15, 0.2) is 5.65 Å². The van der Waals surface area contributed by atoms with Crippen molar-refractivity contribution in [3.05, 3.63) is 22.4 Å². The van der Waals surface area contributed by atoms with Gasteiger partial charge in [0, 0.05) is 13.1 Å². The summed E-state index contributed by atoms with van der Waals surface area (Å²) < 4.78 is 1.65. The number of H-pyrrole nitrogens is 1. The van der Waals surface area contributed by atoms with E-state index in [-0.39, 0.29) is 5.56 Å². The number of rotatable bonds is 4. The Kier molecular flexibility index (Phi) is 4.29. The van der Waals surface area contributed by atoms with Crippen molar-refractivity contribution >= 4 is 11.0 Å². The van der Waals surface area contributed by atoms with Gasteiger partial charge in [0.2, 0.25) is 0 Å². The number of hydrogen-bond acceptors (Lipinski definition) is 4. The van der Waals surface area contributed by atoms with E-state index >= 15 is 0 Å². The van der Waals surface area contributed by atoms with Gasteiger partial charge in [0.1, 0.15) is 11.2 Å². The van der Waals surface area contributed by atoms with Crippen molar-refractivity contribution in [2.45, 2.75) is 51.6 Å². The average molecular weight is 303 g/mol. The molecule has 0 saturated heterocycles. The Bertz CT molecular complexity index is 696. The van der Waals surface area contributed by atoms with Crippen molar-refractivity contribution in [3.63, 3.8) is 0 Å². The molecule has 1 N–H and O–H groups in total. The van der Waals surface area contributed by atoms with Crippen molar-refractivity contribution < 1.29 is 0 Å². The van der Waals surface area contributed by atoms with Crippen LogP contribution in [-0.4, -0.2) is 37.7 Å². The first-order valence-corrected chi connectivity index (χ1v) is 8.19. The van der Waals surface area contributed by atoms with E-state index in [2.05, 4.69) is 33.9 Å². The fourth-order valence-electron chi connectivity index (χ4n) is 3.51. The highest BCUT2D eigenvalue weighted by Crippen LogP contribution is 2.29.